The molecule has 0 saturated carbocycles. The highest BCUT2D eigenvalue weighted by molar-refractivity contribution is 6.30. The van der Waals surface area contributed by atoms with Gasteiger partial charge in [0.15, 0.2) is 0 Å². The van der Waals surface area contributed by atoms with E-state index in [1.165, 1.54) is 24.3 Å². The summed E-state index contributed by atoms with van der Waals surface area (Å²) in [6.07, 6.45) is -1.07. The summed E-state index contributed by atoms with van der Waals surface area (Å²) in [5.74, 6) is 0.445. The van der Waals surface area contributed by atoms with Gasteiger partial charge in [0, 0.05) is 47.9 Å². The van der Waals surface area contributed by atoms with Gasteiger partial charge in [-0.2, -0.15) is 13.2 Å². The Bertz CT molecular complexity index is 1080. The number of nitrogens with zero attached hydrogens (tertiary/aromatic N) is 2. The number of alkyl halides is 3. The number of hydrogen-bond donors (Lipinski definition) is 4. The minimum Gasteiger partial charge on any atom is -0.390 e. The van der Waals surface area contributed by atoms with E-state index in [9.17, 15) is 23.1 Å². The van der Waals surface area contributed by atoms with E-state index in [0.29, 0.717) is 37.1 Å². The molecule has 2 aliphatic rings. The zero-order valence-corrected chi connectivity index (χ0v) is 21.1. The first-order valence-electron chi connectivity index (χ1n) is 11.7. The first-order valence-corrected chi connectivity index (χ1v) is 12.1. The maximum atomic E-state index is 12.9. The molecule has 36 heavy (non-hydrogen) atoms. The molecule has 2 amide bonds. The third-order valence-electron chi connectivity index (χ3n) is 6.09. The van der Waals surface area contributed by atoms with Gasteiger partial charge in [-0.3, -0.25) is 10.3 Å². The van der Waals surface area contributed by atoms with Crippen LogP contribution in [0.4, 0.5) is 18.0 Å². The third-order valence-corrected chi connectivity index (χ3v) is 6.34. The number of halogens is 4. The van der Waals surface area contributed by atoms with Crippen molar-refractivity contribution in [2.24, 2.45) is 4.99 Å². The standard InChI is InChI=1S/C25H31ClF3N5O2/c1-16-3-8-21(32-16)33-20-15-24(2,36)11-9-17(20)10-13-31-23(35)34(14-12-25(27,28)29)22(30)18-4-6-19(26)7-5-18/h3-7,30,36H,8-15H2,1-2H3,(H,31,35)(H,32,33). The lowest BCUT2D eigenvalue weighted by molar-refractivity contribution is -0.135. The summed E-state index contributed by atoms with van der Waals surface area (Å²) in [4.78, 5) is 18.4. The number of rotatable bonds is 7. The Morgan fingerprint density at radius 3 is 2.64 bits per heavy atom. The molecule has 0 radical (unpaired) electrons. The van der Waals surface area contributed by atoms with Gasteiger partial charge in [-0.25, -0.2) is 9.79 Å². The molecule has 1 aliphatic carbocycles. The van der Waals surface area contributed by atoms with Gasteiger partial charge in [-0.1, -0.05) is 17.7 Å². The lowest BCUT2D eigenvalue weighted by Crippen LogP contribution is -2.45. The average molecular weight is 526 g/mol. The van der Waals surface area contributed by atoms with E-state index in [0.717, 1.165) is 27.7 Å². The number of carbonyl (C=O) groups is 1. The molecule has 1 aromatic rings. The highest BCUT2D eigenvalue weighted by Crippen LogP contribution is 2.35. The molecule has 0 aromatic heterocycles. The summed E-state index contributed by atoms with van der Waals surface area (Å²) in [7, 11) is 0. The van der Waals surface area contributed by atoms with Crippen LogP contribution in [0.5, 0.6) is 0 Å². The van der Waals surface area contributed by atoms with Crippen LogP contribution >= 0.6 is 11.6 Å². The average Bonchev–Trinajstić information content (AvgIpc) is 3.19. The van der Waals surface area contributed by atoms with Crippen molar-refractivity contribution < 1.29 is 23.1 Å². The van der Waals surface area contributed by atoms with E-state index in [1.807, 2.05) is 13.0 Å². The molecule has 196 valence electrons. The van der Waals surface area contributed by atoms with Crippen molar-refractivity contribution >= 4 is 29.3 Å². The number of allylic oxidation sites excluding steroid dienone is 1. The van der Waals surface area contributed by atoms with E-state index in [2.05, 4.69) is 10.6 Å². The smallest absolute Gasteiger partial charge is 0.390 e. The molecule has 1 aromatic carbocycles. The van der Waals surface area contributed by atoms with Crippen molar-refractivity contribution in [2.45, 2.75) is 64.1 Å². The van der Waals surface area contributed by atoms with Crippen LogP contribution in [-0.2, 0) is 0 Å². The van der Waals surface area contributed by atoms with E-state index in [4.69, 9.17) is 22.0 Å². The Balaban J connectivity index is 1.70. The summed E-state index contributed by atoms with van der Waals surface area (Å²) >= 11 is 5.86. The number of carbonyl (C=O) groups excluding carboxylic acids is 1. The third kappa shape index (κ3) is 8.09. The second kappa shape index (κ2) is 11.5. The molecule has 7 nitrogen and oxygen atoms in total. The zero-order valence-electron chi connectivity index (χ0n) is 20.3. The predicted molar refractivity (Wildman–Crippen MR) is 134 cm³/mol. The van der Waals surface area contributed by atoms with E-state index in [1.54, 1.807) is 6.92 Å². The number of hydrogen-bond acceptors (Lipinski definition) is 4. The second-order valence-corrected chi connectivity index (χ2v) is 9.79. The van der Waals surface area contributed by atoms with Gasteiger partial charge in [-0.05, 0) is 62.9 Å². The van der Waals surface area contributed by atoms with Crippen molar-refractivity contribution in [1.82, 2.24) is 15.5 Å². The van der Waals surface area contributed by atoms with E-state index in [-0.39, 0.29) is 17.9 Å². The van der Waals surface area contributed by atoms with Crippen molar-refractivity contribution in [1.29, 1.82) is 5.41 Å². The Morgan fingerprint density at radius 2 is 2.03 bits per heavy atom. The number of benzene rings is 1. The summed E-state index contributed by atoms with van der Waals surface area (Å²) in [6.45, 7) is 3.18. The molecule has 0 spiro atoms. The molecule has 1 unspecified atom stereocenters. The van der Waals surface area contributed by atoms with Crippen LogP contribution in [-0.4, -0.2) is 52.6 Å². The second-order valence-electron chi connectivity index (χ2n) is 9.35. The monoisotopic (exact) mass is 525 g/mol. The van der Waals surface area contributed by atoms with Gasteiger partial charge < -0.3 is 15.7 Å². The Labute approximate surface area is 213 Å². The largest absolute Gasteiger partial charge is 0.390 e. The van der Waals surface area contributed by atoms with E-state index >= 15 is 0 Å². The Hall–Kier alpha value is -2.85. The van der Waals surface area contributed by atoms with Crippen LogP contribution < -0.4 is 10.6 Å². The predicted octanol–water partition coefficient (Wildman–Crippen LogP) is 5.50. The molecule has 1 aliphatic heterocycles. The lowest BCUT2D eigenvalue weighted by Gasteiger charge is -2.31. The van der Waals surface area contributed by atoms with Crippen molar-refractivity contribution in [3.05, 3.63) is 57.9 Å². The zero-order chi connectivity index (χ0) is 26.5. The lowest BCUT2D eigenvalue weighted by atomic mass is 9.83. The maximum absolute atomic E-state index is 12.9. The number of amides is 2. The fourth-order valence-corrected chi connectivity index (χ4v) is 4.20. The van der Waals surface area contributed by atoms with Crippen molar-refractivity contribution in [3.8, 4) is 0 Å². The Morgan fingerprint density at radius 1 is 1.33 bits per heavy atom. The van der Waals surface area contributed by atoms with Gasteiger partial charge in [0.1, 0.15) is 11.7 Å². The molecule has 0 bridgehead atoms. The topological polar surface area (TPSA) is 101 Å². The van der Waals surface area contributed by atoms with Gasteiger partial charge in [-0.15, -0.1) is 0 Å². The molecule has 3 rings (SSSR count). The molecule has 1 atom stereocenters. The van der Waals surface area contributed by atoms with Crippen LogP contribution in [0.15, 0.2) is 52.3 Å². The molecular weight excluding hydrogens is 495 g/mol. The number of aliphatic imine (C=N–C) groups is 1. The molecule has 1 heterocycles. The van der Waals surface area contributed by atoms with Crippen LogP contribution in [0.1, 0.15) is 57.9 Å². The first-order chi connectivity index (χ1) is 16.8. The summed E-state index contributed by atoms with van der Waals surface area (Å²) in [6, 6.07) is 5.20. The van der Waals surface area contributed by atoms with Crippen molar-refractivity contribution in [3.63, 3.8) is 0 Å². The summed E-state index contributed by atoms with van der Waals surface area (Å²) in [5.41, 5.74) is 2.15. The minimum absolute atomic E-state index is 0.159. The molecule has 4 N–H and O–H groups in total. The molecule has 0 fully saturated rings. The number of nitrogens with one attached hydrogen (secondary N) is 3. The SMILES string of the molecule is CC1=CCC(=NC2=C(CCNC(=O)N(CCC(F)(F)F)C(=N)c3ccc(Cl)cc3)CCC(C)(O)C2)N1. The highest BCUT2D eigenvalue weighted by Gasteiger charge is 2.32. The number of aliphatic hydroxyl groups is 1. The molecule has 0 saturated heterocycles. The molecule has 11 heteroatoms. The molecular formula is C25H31ClF3N5O2. The summed E-state index contributed by atoms with van der Waals surface area (Å²) < 4.78 is 38.7. The van der Waals surface area contributed by atoms with Crippen LogP contribution in [0.2, 0.25) is 5.02 Å². The van der Waals surface area contributed by atoms with Crippen LogP contribution in [0.3, 0.4) is 0 Å². The maximum Gasteiger partial charge on any atom is 0.390 e. The van der Waals surface area contributed by atoms with E-state index < -0.39 is 30.8 Å². The van der Waals surface area contributed by atoms with Gasteiger partial charge in [0.05, 0.1) is 12.0 Å². The summed E-state index contributed by atoms with van der Waals surface area (Å²) in [5, 5.41) is 25.1. The quantitative estimate of drug-likeness (QED) is 0.279. The number of urea groups is 1. The van der Waals surface area contributed by atoms with Crippen LogP contribution in [0.25, 0.3) is 0 Å². The Kier molecular flexibility index (Phi) is 8.84. The van der Waals surface area contributed by atoms with Gasteiger partial charge in [0.2, 0.25) is 0 Å². The minimum atomic E-state index is -4.47. The van der Waals surface area contributed by atoms with Gasteiger partial charge >= 0.3 is 12.2 Å². The first kappa shape index (κ1) is 27.7. The van der Waals surface area contributed by atoms with Crippen molar-refractivity contribution in [2.75, 3.05) is 13.1 Å². The normalized spacial score (nSPS) is 21.3. The number of amidine groups is 2. The fourth-order valence-electron chi connectivity index (χ4n) is 4.08. The fraction of sp³-hybridized carbons (Fsp3) is 0.480. The van der Waals surface area contributed by atoms with Gasteiger partial charge in [0.25, 0.3) is 0 Å². The highest BCUT2D eigenvalue weighted by atomic mass is 35.5. The van der Waals surface area contributed by atoms with Crippen LogP contribution in [0, 0.1) is 5.41 Å².